The van der Waals surface area contributed by atoms with Gasteiger partial charge >= 0.3 is 0 Å². The number of carbonyl (C=O) groups is 1. The van der Waals surface area contributed by atoms with Crippen molar-refractivity contribution in [1.82, 2.24) is 15.0 Å². The molecule has 3 aromatic rings. The van der Waals surface area contributed by atoms with Crippen LogP contribution in [-0.2, 0) is 11.2 Å². The monoisotopic (exact) mass is 381 g/mol. The van der Waals surface area contributed by atoms with Gasteiger partial charge in [0.25, 0.3) is 0 Å². The first-order valence-electron chi connectivity index (χ1n) is 9.14. The van der Waals surface area contributed by atoms with Gasteiger partial charge in [-0.15, -0.1) is 0 Å². The Morgan fingerprint density at radius 2 is 1.89 bits per heavy atom. The minimum atomic E-state index is -0.182. The van der Waals surface area contributed by atoms with Crippen molar-refractivity contribution in [2.75, 3.05) is 6.54 Å². The van der Waals surface area contributed by atoms with Crippen LogP contribution in [0.4, 0.5) is 0 Å². The summed E-state index contributed by atoms with van der Waals surface area (Å²) in [6, 6.07) is 17.0. The fourth-order valence-electron chi connectivity index (χ4n) is 3.47. The Bertz CT molecular complexity index is 926. The Morgan fingerprint density at radius 1 is 1.11 bits per heavy atom. The van der Waals surface area contributed by atoms with E-state index in [9.17, 15) is 4.79 Å². The number of amides is 1. The Morgan fingerprint density at radius 3 is 2.70 bits per heavy atom. The number of likely N-dealkylation sites (tertiary alicyclic amines) is 1. The highest BCUT2D eigenvalue weighted by molar-refractivity contribution is 6.31. The normalized spacial score (nSPS) is 17.1. The quantitative estimate of drug-likeness (QED) is 0.658. The number of rotatable bonds is 4. The van der Waals surface area contributed by atoms with E-state index in [2.05, 4.69) is 10.1 Å². The molecule has 5 nitrogen and oxygen atoms in total. The lowest BCUT2D eigenvalue weighted by molar-refractivity contribution is -0.135. The average molecular weight is 382 g/mol. The molecular weight excluding hydrogens is 362 g/mol. The third kappa shape index (κ3) is 3.88. The predicted octanol–water partition coefficient (Wildman–Crippen LogP) is 4.69. The van der Waals surface area contributed by atoms with E-state index in [-0.39, 0.29) is 18.4 Å². The zero-order valence-corrected chi connectivity index (χ0v) is 15.6. The molecule has 2 heterocycles. The first-order valence-corrected chi connectivity index (χ1v) is 9.52. The summed E-state index contributed by atoms with van der Waals surface area (Å²) in [6.45, 7) is 0.691. The molecule has 1 aromatic heterocycles. The first-order chi connectivity index (χ1) is 13.2. The van der Waals surface area contributed by atoms with Gasteiger partial charge in [0.05, 0.1) is 6.42 Å². The van der Waals surface area contributed by atoms with E-state index < -0.39 is 0 Å². The molecule has 1 atom stereocenters. The molecule has 1 aliphatic rings. The van der Waals surface area contributed by atoms with E-state index in [0.29, 0.717) is 23.3 Å². The van der Waals surface area contributed by atoms with E-state index in [1.807, 2.05) is 59.5 Å². The maximum absolute atomic E-state index is 13.0. The number of aromatic nitrogens is 2. The smallest absolute Gasteiger partial charge is 0.249 e. The van der Waals surface area contributed by atoms with Crippen LogP contribution < -0.4 is 0 Å². The topological polar surface area (TPSA) is 59.2 Å². The second-order valence-corrected chi connectivity index (χ2v) is 7.10. The third-order valence-electron chi connectivity index (χ3n) is 4.88. The minimum Gasteiger partial charge on any atom is -0.337 e. The Hall–Kier alpha value is -2.66. The molecule has 1 fully saturated rings. The number of benzene rings is 2. The number of hydrogen-bond donors (Lipinski definition) is 0. The molecule has 0 saturated carbocycles. The second kappa shape index (κ2) is 7.92. The Labute approximate surface area is 163 Å². The summed E-state index contributed by atoms with van der Waals surface area (Å²) in [6.07, 6.45) is 3.11. The summed E-state index contributed by atoms with van der Waals surface area (Å²) in [5.41, 5.74) is 1.74. The van der Waals surface area contributed by atoms with Gasteiger partial charge in [0.1, 0.15) is 6.04 Å². The van der Waals surface area contributed by atoms with Crippen molar-refractivity contribution >= 4 is 17.5 Å². The average Bonchev–Trinajstić information content (AvgIpc) is 3.20. The molecule has 0 spiro atoms. The van der Waals surface area contributed by atoms with Crippen LogP contribution in [0.2, 0.25) is 5.02 Å². The molecule has 4 rings (SSSR count). The highest BCUT2D eigenvalue weighted by atomic mass is 35.5. The van der Waals surface area contributed by atoms with E-state index >= 15 is 0 Å². The third-order valence-corrected chi connectivity index (χ3v) is 5.25. The van der Waals surface area contributed by atoms with Crippen LogP contribution in [0.25, 0.3) is 11.4 Å². The van der Waals surface area contributed by atoms with Gasteiger partial charge in [-0.2, -0.15) is 4.98 Å². The van der Waals surface area contributed by atoms with Crippen molar-refractivity contribution in [1.29, 1.82) is 0 Å². The molecule has 138 valence electrons. The van der Waals surface area contributed by atoms with Crippen LogP contribution >= 0.6 is 11.6 Å². The van der Waals surface area contributed by atoms with Crippen molar-refractivity contribution in [3.05, 3.63) is 71.1 Å². The van der Waals surface area contributed by atoms with E-state index in [4.69, 9.17) is 16.1 Å². The Kier molecular flexibility index (Phi) is 5.21. The molecule has 6 heteroatoms. The summed E-state index contributed by atoms with van der Waals surface area (Å²) in [5.74, 6) is 1.09. The van der Waals surface area contributed by atoms with Gasteiger partial charge in [0.15, 0.2) is 0 Å². The maximum Gasteiger partial charge on any atom is 0.249 e. The number of carbonyl (C=O) groups excluding carboxylic acids is 1. The van der Waals surface area contributed by atoms with Crippen molar-refractivity contribution in [2.45, 2.75) is 31.7 Å². The van der Waals surface area contributed by atoms with Crippen molar-refractivity contribution < 1.29 is 9.32 Å². The SMILES string of the molecule is O=C(Cc1ccccc1Cl)N1CCCCC1c1nc(-c2ccccc2)no1. The molecule has 0 bridgehead atoms. The van der Waals surface area contributed by atoms with Gasteiger partial charge in [-0.05, 0) is 30.9 Å². The number of piperidine rings is 1. The van der Waals surface area contributed by atoms with Crippen molar-refractivity contribution in [3.63, 3.8) is 0 Å². The van der Waals surface area contributed by atoms with E-state index in [1.165, 1.54) is 0 Å². The molecule has 0 aliphatic carbocycles. The summed E-state index contributed by atoms with van der Waals surface area (Å²) >= 11 is 6.22. The fraction of sp³-hybridized carbons (Fsp3) is 0.286. The van der Waals surface area contributed by atoms with Crippen LogP contribution in [0, 0.1) is 0 Å². The maximum atomic E-state index is 13.0. The lowest BCUT2D eigenvalue weighted by atomic mass is 10.0. The molecule has 1 unspecified atom stereocenters. The van der Waals surface area contributed by atoms with Crippen LogP contribution in [0.3, 0.4) is 0 Å². The number of nitrogens with zero attached hydrogens (tertiary/aromatic N) is 3. The minimum absolute atomic E-state index is 0.0345. The van der Waals surface area contributed by atoms with Gasteiger partial charge in [-0.3, -0.25) is 4.79 Å². The number of hydrogen-bond acceptors (Lipinski definition) is 4. The first kappa shape index (κ1) is 17.7. The standard InChI is InChI=1S/C21H20ClN3O2/c22-17-11-5-4-10-16(17)14-19(26)25-13-7-6-12-18(25)21-23-20(24-27-21)15-8-2-1-3-9-15/h1-5,8-11,18H,6-7,12-14H2. The van der Waals surface area contributed by atoms with Crippen LogP contribution in [-0.4, -0.2) is 27.5 Å². The zero-order valence-electron chi connectivity index (χ0n) is 14.8. The fourth-order valence-corrected chi connectivity index (χ4v) is 3.67. The second-order valence-electron chi connectivity index (χ2n) is 6.69. The van der Waals surface area contributed by atoms with Crippen LogP contribution in [0.1, 0.15) is 36.8 Å². The Balaban J connectivity index is 1.55. The molecule has 0 N–H and O–H groups in total. The zero-order chi connectivity index (χ0) is 18.6. The summed E-state index contributed by atoms with van der Waals surface area (Å²) < 4.78 is 5.53. The highest BCUT2D eigenvalue weighted by Crippen LogP contribution is 2.32. The van der Waals surface area contributed by atoms with Gasteiger partial charge < -0.3 is 9.42 Å². The lowest BCUT2D eigenvalue weighted by Crippen LogP contribution is -2.39. The summed E-state index contributed by atoms with van der Waals surface area (Å²) in [4.78, 5) is 19.4. The molecule has 1 saturated heterocycles. The molecule has 0 radical (unpaired) electrons. The molecule has 27 heavy (non-hydrogen) atoms. The predicted molar refractivity (Wildman–Crippen MR) is 103 cm³/mol. The van der Waals surface area contributed by atoms with Crippen LogP contribution in [0.15, 0.2) is 59.1 Å². The van der Waals surface area contributed by atoms with Gasteiger partial charge in [0.2, 0.25) is 17.6 Å². The molecular formula is C21H20ClN3O2. The van der Waals surface area contributed by atoms with Crippen LogP contribution in [0.5, 0.6) is 0 Å². The van der Waals surface area contributed by atoms with E-state index in [1.54, 1.807) is 0 Å². The number of halogens is 1. The van der Waals surface area contributed by atoms with Crippen molar-refractivity contribution in [3.8, 4) is 11.4 Å². The summed E-state index contributed by atoms with van der Waals surface area (Å²) in [7, 11) is 0. The molecule has 2 aromatic carbocycles. The molecule has 1 amide bonds. The largest absolute Gasteiger partial charge is 0.337 e. The summed E-state index contributed by atoms with van der Waals surface area (Å²) in [5, 5.41) is 4.72. The van der Waals surface area contributed by atoms with Gasteiger partial charge in [0, 0.05) is 17.1 Å². The van der Waals surface area contributed by atoms with Gasteiger partial charge in [-0.1, -0.05) is 65.3 Å². The van der Waals surface area contributed by atoms with E-state index in [0.717, 1.165) is 30.4 Å². The highest BCUT2D eigenvalue weighted by Gasteiger charge is 2.32. The molecule has 1 aliphatic heterocycles. The van der Waals surface area contributed by atoms with Gasteiger partial charge in [-0.25, -0.2) is 0 Å². The van der Waals surface area contributed by atoms with Crippen molar-refractivity contribution in [2.24, 2.45) is 0 Å². The lowest BCUT2D eigenvalue weighted by Gasteiger charge is -2.33.